The zero-order chi connectivity index (χ0) is 24.2. The number of nitrogens with one attached hydrogen (secondary N) is 1. The summed E-state index contributed by atoms with van der Waals surface area (Å²) in [4.78, 5) is 34.1. The SMILES string of the molecule is O=C(O)[C@H](c1ccccc1)N1CCC(C(=O)N2CCC(Cc3ccc4c(n3)NCCC4)CC2)CC1. The van der Waals surface area contributed by atoms with Gasteiger partial charge in [-0.1, -0.05) is 36.4 Å². The zero-order valence-corrected chi connectivity index (χ0v) is 20.4. The van der Waals surface area contributed by atoms with Crippen LogP contribution in [0, 0.1) is 11.8 Å². The van der Waals surface area contributed by atoms with Crippen LogP contribution in [0.5, 0.6) is 0 Å². The molecular weight excluding hydrogens is 440 g/mol. The second-order valence-electron chi connectivity index (χ2n) is 10.3. The summed E-state index contributed by atoms with van der Waals surface area (Å²) in [5.41, 5.74) is 3.28. The first-order valence-electron chi connectivity index (χ1n) is 13.1. The van der Waals surface area contributed by atoms with E-state index in [-0.39, 0.29) is 11.8 Å². The molecule has 0 saturated carbocycles. The number of hydrogen-bond acceptors (Lipinski definition) is 5. The Hall–Kier alpha value is -2.93. The lowest BCUT2D eigenvalue weighted by molar-refractivity contribution is -0.145. The Labute approximate surface area is 207 Å². The molecule has 0 unspecified atom stereocenters. The number of fused-ring (bicyclic) bond motifs is 1. The minimum atomic E-state index is -0.827. The standard InChI is InChI=1S/C28H36N4O3/c33-27(23-12-17-31(18-13-23)25(28(34)35)21-5-2-1-3-6-21)32-15-10-20(11-16-32)19-24-9-8-22-7-4-14-29-26(22)30-24/h1-3,5-6,8-9,20,23,25H,4,7,10-19H2,(H,29,30)(H,34,35)/t25-/m0/s1. The quantitative estimate of drug-likeness (QED) is 0.660. The molecule has 7 heteroatoms. The highest BCUT2D eigenvalue weighted by atomic mass is 16.4. The fraction of sp³-hybridized carbons (Fsp3) is 0.536. The molecule has 0 radical (unpaired) electrons. The third-order valence-corrected chi connectivity index (χ3v) is 7.97. The Bertz CT molecular complexity index is 1030. The second-order valence-corrected chi connectivity index (χ2v) is 10.3. The number of pyridine rings is 1. The fourth-order valence-electron chi connectivity index (χ4n) is 5.94. The van der Waals surface area contributed by atoms with Crippen molar-refractivity contribution in [3.8, 4) is 0 Å². The van der Waals surface area contributed by atoms with Gasteiger partial charge in [0.25, 0.3) is 0 Å². The van der Waals surface area contributed by atoms with E-state index in [1.165, 1.54) is 12.0 Å². The third kappa shape index (κ3) is 5.50. The lowest BCUT2D eigenvalue weighted by Gasteiger charge is -2.39. The van der Waals surface area contributed by atoms with E-state index in [9.17, 15) is 14.7 Å². The molecule has 2 saturated heterocycles. The average molecular weight is 477 g/mol. The van der Waals surface area contributed by atoms with Gasteiger partial charge in [-0.3, -0.25) is 14.5 Å². The molecule has 0 spiro atoms. The molecule has 3 aliphatic heterocycles. The number of carbonyl (C=O) groups is 2. The lowest BCUT2D eigenvalue weighted by Crippen LogP contribution is -2.47. The summed E-state index contributed by atoms with van der Waals surface area (Å²) in [7, 11) is 0. The van der Waals surface area contributed by atoms with Gasteiger partial charge >= 0.3 is 5.97 Å². The van der Waals surface area contributed by atoms with Gasteiger partial charge in [0.2, 0.25) is 5.91 Å². The number of aromatic nitrogens is 1. The Morgan fingerprint density at radius 2 is 1.74 bits per heavy atom. The second kappa shape index (κ2) is 10.8. The molecule has 4 heterocycles. The summed E-state index contributed by atoms with van der Waals surface area (Å²) in [5.74, 6) is 1.06. The van der Waals surface area contributed by atoms with Crippen LogP contribution in [-0.4, -0.2) is 64.5 Å². The first-order valence-corrected chi connectivity index (χ1v) is 13.1. The molecule has 35 heavy (non-hydrogen) atoms. The molecule has 2 N–H and O–H groups in total. The summed E-state index contributed by atoms with van der Waals surface area (Å²) in [6.45, 7) is 3.91. The van der Waals surface area contributed by atoms with Gasteiger partial charge in [0.05, 0.1) is 0 Å². The Balaban J connectivity index is 1.10. The van der Waals surface area contributed by atoms with Crippen LogP contribution >= 0.6 is 0 Å². The number of hydrogen-bond donors (Lipinski definition) is 2. The number of piperidine rings is 2. The van der Waals surface area contributed by atoms with Gasteiger partial charge in [-0.25, -0.2) is 4.98 Å². The molecule has 1 aromatic carbocycles. The first-order chi connectivity index (χ1) is 17.1. The van der Waals surface area contributed by atoms with Crippen molar-refractivity contribution in [2.75, 3.05) is 38.0 Å². The van der Waals surface area contributed by atoms with E-state index in [1.807, 2.05) is 40.1 Å². The van der Waals surface area contributed by atoms with E-state index in [1.54, 1.807) is 0 Å². The first kappa shape index (κ1) is 23.8. The number of aliphatic carboxylic acids is 1. The van der Waals surface area contributed by atoms with Gasteiger partial charge < -0.3 is 15.3 Å². The van der Waals surface area contributed by atoms with Gasteiger partial charge in [-0.05, 0) is 68.1 Å². The summed E-state index contributed by atoms with van der Waals surface area (Å²) in [5, 5.41) is 13.2. The molecule has 1 amide bonds. The van der Waals surface area contributed by atoms with Gasteiger partial charge in [0, 0.05) is 44.3 Å². The number of anilines is 1. The average Bonchev–Trinajstić information content (AvgIpc) is 2.90. The topological polar surface area (TPSA) is 85.8 Å². The van der Waals surface area contributed by atoms with E-state index in [2.05, 4.69) is 17.4 Å². The molecule has 1 atom stereocenters. The number of carboxylic acid groups (broad SMARTS) is 1. The maximum Gasteiger partial charge on any atom is 0.325 e. The normalized spacial score (nSPS) is 20.6. The Kier molecular flexibility index (Phi) is 7.32. The maximum absolute atomic E-state index is 13.2. The van der Waals surface area contributed by atoms with Crippen molar-refractivity contribution >= 4 is 17.7 Å². The smallest absolute Gasteiger partial charge is 0.325 e. The summed E-state index contributed by atoms with van der Waals surface area (Å²) >= 11 is 0. The molecule has 5 rings (SSSR count). The fourth-order valence-corrected chi connectivity index (χ4v) is 5.94. The van der Waals surface area contributed by atoms with Crippen LogP contribution in [0.15, 0.2) is 42.5 Å². The summed E-state index contributed by atoms with van der Waals surface area (Å²) < 4.78 is 0. The van der Waals surface area contributed by atoms with Gasteiger partial charge in [0.15, 0.2) is 0 Å². The number of aryl methyl sites for hydroxylation is 1. The Morgan fingerprint density at radius 1 is 1.00 bits per heavy atom. The molecular formula is C28H36N4O3. The van der Waals surface area contributed by atoms with Crippen LogP contribution in [0.1, 0.15) is 55.0 Å². The number of benzene rings is 1. The van der Waals surface area contributed by atoms with Crippen LogP contribution in [0.4, 0.5) is 5.82 Å². The third-order valence-electron chi connectivity index (χ3n) is 7.97. The predicted octanol–water partition coefficient (Wildman–Crippen LogP) is 3.76. The van der Waals surface area contributed by atoms with Crippen molar-refractivity contribution in [1.82, 2.24) is 14.8 Å². The highest BCUT2D eigenvalue weighted by Gasteiger charge is 2.35. The minimum Gasteiger partial charge on any atom is -0.480 e. The van der Waals surface area contributed by atoms with Crippen molar-refractivity contribution in [2.45, 2.75) is 51.0 Å². The molecule has 0 aliphatic carbocycles. The molecule has 0 bridgehead atoms. The van der Waals surface area contributed by atoms with Crippen LogP contribution in [0.3, 0.4) is 0 Å². The van der Waals surface area contributed by atoms with Crippen molar-refractivity contribution in [3.05, 3.63) is 59.3 Å². The summed E-state index contributed by atoms with van der Waals surface area (Å²) in [6, 6.07) is 13.2. The van der Waals surface area contributed by atoms with Crippen LogP contribution in [0.25, 0.3) is 0 Å². The van der Waals surface area contributed by atoms with Crippen LogP contribution in [0.2, 0.25) is 0 Å². The number of nitrogens with zero attached hydrogens (tertiary/aromatic N) is 3. The maximum atomic E-state index is 13.2. The van der Waals surface area contributed by atoms with E-state index in [4.69, 9.17) is 4.98 Å². The molecule has 2 aromatic rings. The van der Waals surface area contributed by atoms with Crippen molar-refractivity contribution in [3.63, 3.8) is 0 Å². The number of rotatable bonds is 6. The molecule has 2 fully saturated rings. The van der Waals surface area contributed by atoms with Crippen molar-refractivity contribution in [2.24, 2.45) is 11.8 Å². The van der Waals surface area contributed by atoms with Crippen molar-refractivity contribution < 1.29 is 14.7 Å². The number of likely N-dealkylation sites (tertiary alicyclic amines) is 2. The minimum absolute atomic E-state index is 0.00130. The summed E-state index contributed by atoms with van der Waals surface area (Å²) in [6.07, 6.45) is 6.75. The highest BCUT2D eigenvalue weighted by molar-refractivity contribution is 5.79. The van der Waals surface area contributed by atoms with E-state index in [0.717, 1.165) is 75.2 Å². The van der Waals surface area contributed by atoms with Gasteiger partial charge in [-0.15, -0.1) is 0 Å². The highest BCUT2D eigenvalue weighted by Crippen LogP contribution is 2.30. The zero-order valence-electron chi connectivity index (χ0n) is 20.4. The number of amides is 1. The number of carbonyl (C=O) groups excluding carboxylic acids is 1. The molecule has 1 aromatic heterocycles. The van der Waals surface area contributed by atoms with Gasteiger partial charge in [0.1, 0.15) is 11.9 Å². The van der Waals surface area contributed by atoms with Gasteiger partial charge in [-0.2, -0.15) is 0 Å². The molecule has 7 nitrogen and oxygen atoms in total. The molecule has 3 aliphatic rings. The Morgan fingerprint density at radius 3 is 2.46 bits per heavy atom. The molecule has 186 valence electrons. The monoisotopic (exact) mass is 476 g/mol. The van der Waals surface area contributed by atoms with Crippen molar-refractivity contribution in [1.29, 1.82) is 0 Å². The largest absolute Gasteiger partial charge is 0.480 e. The van der Waals surface area contributed by atoms with E-state index in [0.29, 0.717) is 19.0 Å². The van der Waals surface area contributed by atoms with Crippen LogP contribution < -0.4 is 5.32 Å². The lowest BCUT2D eigenvalue weighted by atomic mass is 9.89. The van der Waals surface area contributed by atoms with Crippen LogP contribution in [-0.2, 0) is 22.4 Å². The van der Waals surface area contributed by atoms with E-state index < -0.39 is 12.0 Å². The number of carboxylic acids is 1. The predicted molar refractivity (Wildman–Crippen MR) is 135 cm³/mol. The van der Waals surface area contributed by atoms with E-state index >= 15 is 0 Å².